The fourth-order valence-corrected chi connectivity index (χ4v) is 3.87. The highest BCUT2D eigenvalue weighted by Gasteiger charge is 2.21. The number of fused-ring (bicyclic) bond motifs is 1. The fraction of sp³-hybridized carbons (Fsp3) is 0.500. The number of halogens is 2. The molecule has 3 heterocycles. The van der Waals surface area contributed by atoms with Gasteiger partial charge >= 0.3 is 0 Å². The zero-order chi connectivity index (χ0) is 17.9. The number of aromatic nitrogens is 3. The Morgan fingerprint density at radius 2 is 2.00 bits per heavy atom. The van der Waals surface area contributed by atoms with Crippen molar-refractivity contribution in [3.05, 3.63) is 40.9 Å². The van der Waals surface area contributed by atoms with Gasteiger partial charge in [0.15, 0.2) is 11.8 Å². The Bertz CT molecular complexity index is 799. The van der Waals surface area contributed by atoms with E-state index in [0.717, 1.165) is 68.2 Å². The molecule has 1 saturated heterocycles. The third-order valence-electron chi connectivity index (χ3n) is 5.06. The van der Waals surface area contributed by atoms with Crippen LogP contribution >= 0.6 is 35.6 Å². The summed E-state index contributed by atoms with van der Waals surface area (Å²) in [7, 11) is 1.83. The summed E-state index contributed by atoms with van der Waals surface area (Å²) in [6.07, 6.45) is 2.20. The lowest BCUT2D eigenvalue weighted by Gasteiger charge is -2.37. The number of hydrogen-bond acceptors (Lipinski definition) is 4. The lowest BCUT2D eigenvalue weighted by molar-refractivity contribution is 0.371. The van der Waals surface area contributed by atoms with Crippen LogP contribution in [0.3, 0.4) is 0 Å². The van der Waals surface area contributed by atoms with E-state index >= 15 is 0 Å². The first kappa shape index (κ1) is 20.2. The van der Waals surface area contributed by atoms with E-state index in [9.17, 15) is 0 Å². The Labute approximate surface area is 181 Å². The van der Waals surface area contributed by atoms with Gasteiger partial charge < -0.3 is 19.7 Å². The maximum atomic E-state index is 6.12. The van der Waals surface area contributed by atoms with Crippen molar-refractivity contribution in [3.63, 3.8) is 0 Å². The quantitative estimate of drug-likeness (QED) is 0.398. The number of aliphatic imine (C=N–C) groups is 1. The van der Waals surface area contributed by atoms with Gasteiger partial charge in [0, 0.05) is 56.9 Å². The van der Waals surface area contributed by atoms with Gasteiger partial charge in [0.05, 0.1) is 6.54 Å². The van der Waals surface area contributed by atoms with E-state index in [1.807, 2.05) is 25.2 Å². The normalized spacial score (nSPS) is 16.9. The molecule has 0 aliphatic carbocycles. The van der Waals surface area contributed by atoms with Crippen molar-refractivity contribution in [2.45, 2.75) is 25.9 Å². The number of rotatable bonds is 3. The summed E-state index contributed by atoms with van der Waals surface area (Å²) >= 11 is 6.12. The van der Waals surface area contributed by atoms with E-state index in [-0.39, 0.29) is 24.0 Å². The van der Waals surface area contributed by atoms with E-state index in [4.69, 9.17) is 11.6 Å². The highest BCUT2D eigenvalue weighted by molar-refractivity contribution is 14.0. The number of nitrogens with zero attached hydrogens (tertiary/aromatic N) is 6. The molecule has 0 spiro atoms. The van der Waals surface area contributed by atoms with Crippen LogP contribution in [0.15, 0.2) is 29.3 Å². The predicted molar refractivity (Wildman–Crippen MR) is 119 cm³/mol. The number of nitrogens with one attached hydrogen (secondary N) is 1. The van der Waals surface area contributed by atoms with Crippen LogP contribution in [0.25, 0.3) is 0 Å². The molecular formula is C18H25ClIN7. The third kappa shape index (κ3) is 4.48. The van der Waals surface area contributed by atoms with Crippen LogP contribution in [-0.4, -0.2) is 58.9 Å². The minimum absolute atomic E-state index is 0. The van der Waals surface area contributed by atoms with Gasteiger partial charge in [0.2, 0.25) is 0 Å². The molecule has 1 fully saturated rings. The summed E-state index contributed by atoms with van der Waals surface area (Å²) < 4.78 is 2.22. The van der Waals surface area contributed by atoms with Crippen LogP contribution in [0.4, 0.5) is 5.69 Å². The molecule has 7 nitrogen and oxygen atoms in total. The SMILES string of the molecule is CN=C(NCc1nnc2n1CCC2)N1CCN(c2cccc(Cl)c2)CC1.I. The number of guanidine groups is 1. The second-order valence-corrected chi connectivity index (χ2v) is 7.08. The van der Waals surface area contributed by atoms with Crippen molar-refractivity contribution < 1.29 is 0 Å². The Morgan fingerprint density at radius 3 is 2.74 bits per heavy atom. The molecule has 0 atom stereocenters. The van der Waals surface area contributed by atoms with Gasteiger partial charge in [-0.2, -0.15) is 0 Å². The summed E-state index contributed by atoms with van der Waals surface area (Å²) in [5.41, 5.74) is 1.18. The van der Waals surface area contributed by atoms with Gasteiger partial charge in [0.25, 0.3) is 0 Å². The Hall–Kier alpha value is -1.55. The van der Waals surface area contributed by atoms with Gasteiger partial charge in [-0.1, -0.05) is 17.7 Å². The molecule has 0 unspecified atom stereocenters. The van der Waals surface area contributed by atoms with Crippen molar-refractivity contribution in [1.82, 2.24) is 25.0 Å². The molecule has 0 amide bonds. The van der Waals surface area contributed by atoms with Crippen LogP contribution in [-0.2, 0) is 19.5 Å². The van der Waals surface area contributed by atoms with Crippen LogP contribution in [0.2, 0.25) is 5.02 Å². The maximum absolute atomic E-state index is 6.12. The van der Waals surface area contributed by atoms with Gasteiger partial charge in [-0.3, -0.25) is 4.99 Å². The minimum Gasteiger partial charge on any atom is -0.368 e. The highest BCUT2D eigenvalue weighted by atomic mass is 127. The van der Waals surface area contributed by atoms with Crippen LogP contribution in [0.1, 0.15) is 18.1 Å². The molecule has 1 aromatic carbocycles. The van der Waals surface area contributed by atoms with Crippen molar-refractivity contribution in [1.29, 1.82) is 0 Å². The molecule has 27 heavy (non-hydrogen) atoms. The molecule has 9 heteroatoms. The van der Waals surface area contributed by atoms with Gasteiger partial charge in [-0.15, -0.1) is 34.2 Å². The Balaban J connectivity index is 0.00000210. The molecular weight excluding hydrogens is 477 g/mol. The van der Waals surface area contributed by atoms with Crippen LogP contribution in [0, 0.1) is 0 Å². The third-order valence-corrected chi connectivity index (χ3v) is 5.29. The first-order chi connectivity index (χ1) is 12.7. The number of hydrogen-bond donors (Lipinski definition) is 1. The smallest absolute Gasteiger partial charge is 0.194 e. The first-order valence-electron chi connectivity index (χ1n) is 9.11. The van der Waals surface area contributed by atoms with Crippen LogP contribution < -0.4 is 10.2 Å². The topological polar surface area (TPSA) is 61.6 Å². The molecule has 0 radical (unpaired) electrons. The van der Waals surface area contributed by atoms with E-state index in [1.54, 1.807) is 0 Å². The molecule has 0 saturated carbocycles. The maximum Gasteiger partial charge on any atom is 0.194 e. The zero-order valence-electron chi connectivity index (χ0n) is 15.4. The van der Waals surface area contributed by atoms with Crippen molar-refractivity contribution >= 4 is 47.2 Å². The monoisotopic (exact) mass is 501 g/mol. The highest BCUT2D eigenvalue weighted by Crippen LogP contribution is 2.21. The summed E-state index contributed by atoms with van der Waals surface area (Å²) in [5, 5.41) is 12.8. The zero-order valence-corrected chi connectivity index (χ0v) is 18.5. The lowest BCUT2D eigenvalue weighted by Crippen LogP contribution is -2.52. The summed E-state index contributed by atoms with van der Waals surface area (Å²) in [4.78, 5) is 9.11. The molecule has 0 bridgehead atoms. The lowest BCUT2D eigenvalue weighted by atomic mass is 10.2. The van der Waals surface area contributed by atoms with Crippen molar-refractivity contribution in [3.8, 4) is 0 Å². The second-order valence-electron chi connectivity index (χ2n) is 6.64. The second kappa shape index (κ2) is 9.09. The average molecular weight is 502 g/mol. The largest absolute Gasteiger partial charge is 0.368 e. The molecule has 146 valence electrons. The number of benzene rings is 1. The Morgan fingerprint density at radius 1 is 1.19 bits per heavy atom. The molecule has 2 aliphatic rings. The number of piperazine rings is 1. The van der Waals surface area contributed by atoms with Gasteiger partial charge in [-0.25, -0.2) is 0 Å². The van der Waals surface area contributed by atoms with Crippen molar-refractivity contribution in [2.24, 2.45) is 4.99 Å². The predicted octanol–water partition coefficient (Wildman–Crippen LogP) is 2.39. The fourth-order valence-electron chi connectivity index (χ4n) is 3.68. The summed E-state index contributed by atoms with van der Waals surface area (Å²) in [6, 6.07) is 8.05. The van der Waals surface area contributed by atoms with E-state index in [2.05, 4.69) is 40.9 Å². The summed E-state index contributed by atoms with van der Waals surface area (Å²) in [6.45, 7) is 5.42. The first-order valence-corrected chi connectivity index (χ1v) is 9.49. The van der Waals surface area contributed by atoms with Gasteiger partial charge in [0.1, 0.15) is 5.82 Å². The van der Waals surface area contributed by atoms with Crippen molar-refractivity contribution in [2.75, 3.05) is 38.1 Å². The summed E-state index contributed by atoms with van der Waals surface area (Å²) in [5.74, 6) is 3.02. The number of anilines is 1. The van der Waals surface area contributed by atoms with E-state index in [0.29, 0.717) is 6.54 Å². The Kier molecular flexibility index (Phi) is 6.80. The molecule has 2 aliphatic heterocycles. The van der Waals surface area contributed by atoms with Crippen LogP contribution in [0.5, 0.6) is 0 Å². The van der Waals surface area contributed by atoms with E-state index < -0.39 is 0 Å². The number of aryl methyl sites for hydroxylation is 1. The molecule has 4 rings (SSSR count). The van der Waals surface area contributed by atoms with Gasteiger partial charge in [-0.05, 0) is 24.6 Å². The molecule has 1 aromatic heterocycles. The van der Waals surface area contributed by atoms with E-state index in [1.165, 1.54) is 5.69 Å². The average Bonchev–Trinajstić information content (AvgIpc) is 3.27. The molecule has 2 aromatic rings. The standard InChI is InChI=1S/C18H24ClN7.HI/c1-20-18(21-13-17-23-22-16-6-3-7-26(16)17)25-10-8-24(9-11-25)15-5-2-4-14(19)12-15;/h2,4-5,12H,3,6-11,13H2,1H3,(H,20,21);1H. The minimum atomic E-state index is 0. The molecule has 1 N–H and O–H groups in total.